The number of aromatic nitrogens is 2. The number of thioether (sulfide) groups is 1. The molecular formula is C11H17F3N4OS2. The minimum atomic E-state index is -4.21. The smallest absolute Gasteiger partial charge is 0.379 e. The molecule has 1 fully saturated rings. The number of halogens is 3. The van der Waals surface area contributed by atoms with Gasteiger partial charge in [-0.25, -0.2) is 0 Å². The van der Waals surface area contributed by atoms with E-state index in [-0.39, 0.29) is 6.42 Å². The summed E-state index contributed by atoms with van der Waals surface area (Å²) in [5, 5.41) is 11.3. The van der Waals surface area contributed by atoms with Gasteiger partial charge in [0.05, 0.1) is 13.2 Å². The van der Waals surface area contributed by atoms with Gasteiger partial charge in [0.15, 0.2) is 4.34 Å². The summed E-state index contributed by atoms with van der Waals surface area (Å²) in [4.78, 5) is 1.46. The fourth-order valence-electron chi connectivity index (χ4n) is 2.07. The van der Waals surface area contributed by atoms with Crippen LogP contribution in [0.5, 0.6) is 0 Å². The summed E-state index contributed by atoms with van der Waals surface area (Å²) in [7, 11) is 1.73. The van der Waals surface area contributed by atoms with Gasteiger partial charge in [0.25, 0.3) is 0 Å². The summed E-state index contributed by atoms with van der Waals surface area (Å²) in [6.07, 6.45) is -4.17. The summed E-state index contributed by atoms with van der Waals surface area (Å²) < 4.78 is 45.3. The van der Waals surface area contributed by atoms with E-state index in [1.165, 1.54) is 28.0 Å². The van der Waals surface area contributed by atoms with Crippen LogP contribution in [0.1, 0.15) is 6.42 Å². The number of nitrogens with one attached hydrogen (secondary N) is 1. The predicted molar refractivity (Wildman–Crippen MR) is 77.0 cm³/mol. The topological polar surface area (TPSA) is 50.3 Å². The number of ether oxygens (including phenoxy) is 1. The van der Waals surface area contributed by atoms with Crippen LogP contribution in [0.25, 0.3) is 0 Å². The molecule has 1 N–H and O–H groups in total. The molecular weight excluding hydrogens is 325 g/mol. The summed E-state index contributed by atoms with van der Waals surface area (Å²) >= 11 is 2.65. The molecule has 21 heavy (non-hydrogen) atoms. The number of hydrogen-bond donors (Lipinski definition) is 1. The fraction of sp³-hybridized carbons (Fsp3) is 0.818. The van der Waals surface area contributed by atoms with Gasteiger partial charge in [0.2, 0.25) is 5.13 Å². The lowest BCUT2D eigenvalue weighted by Gasteiger charge is -2.35. The van der Waals surface area contributed by atoms with Crippen molar-refractivity contribution < 1.29 is 17.9 Å². The second-order valence-electron chi connectivity index (χ2n) is 4.47. The molecule has 1 atom stereocenters. The van der Waals surface area contributed by atoms with Gasteiger partial charge in [-0.1, -0.05) is 23.1 Å². The van der Waals surface area contributed by atoms with Crippen LogP contribution >= 0.6 is 23.1 Å². The molecule has 10 heteroatoms. The molecule has 1 aromatic heterocycles. The lowest BCUT2D eigenvalue weighted by Crippen LogP contribution is -2.50. The van der Waals surface area contributed by atoms with Crippen LogP contribution in [0, 0.1) is 0 Å². The molecule has 0 amide bonds. The fourth-order valence-corrected chi connectivity index (χ4v) is 3.84. The average Bonchev–Trinajstić information content (AvgIpc) is 2.91. The highest BCUT2D eigenvalue weighted by Gasteiger charge is 2.43. The molecule has 120 valence electrons. The summed E-state index contributed by atoms with van der Waals surface area (Å²) in [5.41, 5.74) is 0. The van der Waals surface area contributed by atoms with Crippen molar-refractivity contribution in [2.45, 2.75) is 23.0 Å². The average molecular weight is 342 g/mol. The molecule has 2 rings (SSSR count). The third-order valence-corrected chi connectivity index (χ3v) is 5.21. The van der Waals surface area contributed by atoms with Crippen molar-refractivity contribution >= 4 is 28.2 Å². The quantitative estimate of drug-likeness (QED) is 0.801. The maximum absolute atomic E-state index is 13.2. The first-order chi connectivity index (χ1) is 10.0. The molecule has 1 aliphatic heterocycles. The zero-order chi connectivity index (χ0) is 15.3. The Bertz CT molecular complexity index is 437. The van der Waals surface area contributed by atoms with Gasteiger partial charge in [-0.2, -0.15) is 13.2 Å². The normalized spacial score (nSPS) is 18.7. The number of alkyl halides is 3. The Morgan fingerprint density at radius 3 is 2.67 bits per heavy atom. The van der Waals surface area contributed by atoms with E-state index in [0.717, 1.165) is 0 Å². The SMILES string of the molecule is CNc1nnc(SCCC(N2CCOCC2)C(F)(F)F)s1. The van der Waals surface area contributed by atoms with Gasteiger partial charge in [-0.05, 0) is 6.42 Å². The first kappa shape index (κ1) is 16.8. The second-order valence-corrected chi connectivity index (χ2v) is 6.79. The highest BCUT2D eigenvalue weighted by Crippen LogP contribution is 2.31. The monoisotopic (exact) mass is 342 g/mol. The summed E-state index contributed by atoms with van der Waals surface area (Å²) in [6.45, 7) is 1.39. The third-order valence-electron chi connectivity index (χ3n) is 3.10. The minimum Gasteiger partial charge on any atom is -0.379 e. The van der Waals surface area contributed by atoms with Crippen LogP contribution in [-0.4, -0.2) is 66.4 Å². The van der Waals surface area contributed by atoms with Crippen LogP contribution in [0.15, 0.2) is 4.34 Å². The van der Waals surface area contributed by atoms with Gasteiger partial charge < -0.3 is 10.1 Å². The first-order valence-corrected chi connectivity index (χ1v) is 8.33. The molecule has 1 saturated heterocycles. The van der Waals surface area contributed by atoms with E-state index in [9.17, 15) is 13.2 Å². The van der Waals surface area contributed by atoms with E-state index < -0.39 is 12.2 Å². The van der Waals surface area contributed by atoms with Crippen molar-refractivity contribution in [1.82, 2.24) is 15.1 Å². The van der Waals surface area contributed by atoms with E-state index in [1.54, 1.807) is 7.05 Å². The van der Waals surface area contributed by atoms with Crippen molar-refractivity contribution in [3.05, 3.63) is 0 Å². The molecule has 1 aliphatic rings. The van der Waals surface area contributed by atoms with Gasteiger partial charge in [-0.3, -0.25) is 4.90 Å². The molecule has 1 unspecified atom stereocenters. The molecule has 0 aliphatic carbocycles. The summed E-state index contributed by atoms with van der Waals surface area (Å²) in [6, 6.07) is -1.41. The van der Waals surface area contributed by atoms with Crippen molar-refractivity contribution in [1.29, 1.82) is 0 Å². The van der Waals surface area contributed by atoms with E-state index in [2.05, 4.69) is 15.5 Å². The number of anilines is 1. The number of rotatable bonds is 6. The Balaban J connectivity index is 1.86. The maximum Gasteiger partial charge on any atom is 0.404 e. The molecule has 0 radical (unpaired) electrons. The van der Waals surface area contributed by atoms with E-state index >= 15 is 0 Å². The first-order valence-electron chi connectivity index (χ1n) is 6.53. The van der Waals surface area contributed by atoms with E-state index in [0.29, 0.717) is 41.5 Å². The van der Waals surface area contributed by atoms with Gasteiger partial charge in [-0.15, -0.1) is 10.2 Å². The van der Waals surface area contributed by atoms with Crippen molar-refractivity contribution in [3.8, 4) is 0 Å². The molecule has 2 heterocycles. The Labute approximate surface area is 129 Å². The second kappa shape index (κ2) is 7.61. The highest BCUT2D eigenvalue weighted by atomic mass is 32.2. The van der Waals surface area contributed by atoms with Crippen LogP contribution in [-0.2, 0) is 4.74 Å². The van der Waals surface area contributed by atoms with Crippen molar-refractivity contribution in [3.63, 3.8) is 0 Å². The summed E-state index contributed by atoms with van der Waals surface area (Å²) in [5.74, 6) is 0.361. The number of nitrogens with zero attached hydrogens (tertiary/aromatic N) is 3. The Morgan fingerprint density at radius 2 is 2.10 bits per heavy atom. The maximum atomic E-state index is 13.2. The van der Waals surface area contributed by atoms with E-state index in [4.69, 9.17) is 4.74 Å². The van der Waals surface area contributed by atoms with Crippen molar-refractivity contribution in [2.75, 3.05) is 44.4 Å². The van der Waals surface area contributed by atoms with Crippen LogP contribution in [0.3, 0.4) is 0 Å². The number of morpholine rings is 1. The molecule has 0 aromatic carbocycles. The highest BCUT2D eigenvalue weighted by molar-refractivity contribution is 8.01. The third kappa shape index (κ3) is 4.97. The lowest BCUT2D eigenvalue weighted by molar-refractivity contribution is -0.192. The Hall–Kier alpha value is -0.580. The minimum absolute atomic E-state index is 0.0443. The number of hydrogen-bond acceptors (Lipinski definition) is 7. The lowest BCUT2D eigenvalue weighted by atomic mass is 10.1. The standard InChI is InChI=1S/C11H17F3N4OS2/c1-15-9-16-17-10(21-9)20-7-2-8(11(12,13)14)18-3-5-19-6-4-18/h8H,2-7H2,1H3,(H,15,16). The predicted octanol–water partition coefficient (Wildman–Crippen LogP) is 2.33. The van der Waals surface area contributed by atoms with Gasteiger partial charge in [0, 0.05) is 25.9 Å². The van der Waals surface area contributed by atoms with E-state index in [1.807, 2.05) is 0 Å². The molecule has 0 bridgehead atoms. The van der Waals surface area contributed by atoms with Gasteiger partial charge >= 0.3 is 6.18 Å². The zero-order valence-electron chi connectivity index (χ0n) is 11.5. The molecule has 5 nitrogen and oxygen atoms in total. The van der Waals surface area contributed by atoms with Gasteiger partial charge in [0.1, 0.15) is 6.04 Å². The van der Waals surface area contributed by atoms with Crippen LogP contribution in [0.4, 0.5) is 18.3 Å². The molecule has 0 spiro atoms. The molecule has 0 saturated carbocycles. The Morgan fingerprint density at radius 1 is 1.38 bits per heavy atom. The molecule has 1 aromatic rings. The largest absolute Gasteiger partial charge is 0.404 e. The van der Waals surface area contributed by atoms with Crippen molar-refractivity contribution in [2.24, 2.45) is 0 Å². The van der Waals surface area contributed by atoms with Crippen LogP contribution in [0.2, 0.25) is 0 Å². The van der Waals surface area contributed by atoms with Crippen LogP contribution < -0.4 is 5.32 Å². The zero-order valence-corrected chi connectivity index (χ0v) is 13.2. The Kier molecular flexibility index (Phi) is 6.08.